The molecule has 1 aliphatic heterocycles. The summed E-state index contributed by atoms with van der Waals surface area (Å²) >= 11 is 5.86. The van der Waals surface area contributed by atoms with Gasteiger partial charge in [-0.1, -0.05) is 0 Å². The van der Waals surface area contributed by atoms with Crippen LogP contribution >= 0.6 is 11.6 Å². The molecule has 1 spiro atoms. The summed E-state index contributed by atoms with van der Waals surface area (Å²) in [5.41, 5.74) is 0.139. The van der Waals surface area contributed by atoms with Crippen molar-refractivity contribution in [3.8, 4) is 0 Å². The lowest BCUT2D eigenvalue weighted by Crippen LogP contribution is -2.57. The van der Waals surface area contributed by atoms with Crippen LogP contribution in [0.4, 0.5) is 14.6 Å². The van der Waals surface area contributed by atoms with E-state index in [1.54, 1.807) is 6.20 Å². The van der Waals surface area contributed by atoms with Crippen LogP contribution < -0.4 is 10.2 Å². The molecule has 1 aromatic rings. The minimum Gasteiger partial charge on any atom is -0.356 e. The number of hydrogen-bond acceptors (Lipinski definition) is 4. The molecule has 5 nitrogen and oxygen atoms in total. The van der Waals surface area contributed by atoms with Crippen molar-refractivity contribution in [3.05, 3.63) is 17.5 Å². The maximum absolute atomic E-state index is 12.9. The molecule has 24 heavy (non-hydrogen) atoms. The van der Waals surface area contributed by atoms with Crippen LogP contribution in [0, 0.1) is 11.3 Å². The van der Waals surface area contributed by atoms with E-state index in [-0.39, 0.29) is 23.2 Å². The number of carbonyl (C=O) groups is 1. The minimum atomic E-state index is -2.79. The molecule has 8 heteroatoms. The first kappa shape index (κ1) is 16.0. The summed E-state index contributed by atoms with van der Waals surface area (Å²) < 4.78 is 25.9. The average Bonchev–Trinajstić information content (AvgIpc) is 3.15. The highest BCUT2D eigenvalue weighted by atomic mass is 35.5. The smallest absolute Gasteiger partial charge is 0.260 e. The van der Waals surface area contributed by atoms with Crippen molar-refractivity contribution in [1.82, 2.24) is 15.3 Å². The molecule has 1 N–H and O–H groups in total. The molecule has 4 rings (SSSR count). The van der Waals surface area contributed by atoms with Gasteiger partial charge in [0.15, 0.2) is 0 Å². The minimum absolute atomic E-state index is 0.0165. The molecule has 0 unspecified atom stereocenters. The van der Waals surface area contributed by atoms with Gasteiger partial charge in [0, 0.05) is 31.7 Å². The highest BCUT2D eigenvalue weighted by molar-refractivity contribution is 6.28. The van der Waals surface area contributed by atoms with Gasteiger partial charge in [-0.25, -0.2) is 18.7 Å². The van der Waals surface area contributed by atoms with E-state index >= 15 is 0 Å². The van der Waals surface area contributed by atoms with Crippen molar-refractivity contribution in [2.75, 3.05) is 18.0 Å². The number of aromatic nitrogens is 2. The average molecular weight is 357 g/mol. The summed E-state index contributed by atoms with van der Waals surface area (Å²) in [7, 11) is 0. The Morgan fingerprint density at radius 3 is 2.79 bits per heavy atom. The summed E-state index contributed by atoms with van der Waals surface area (Å²) in [6, 6.07) is 1.86. The third-order valence-corrected chi connectivity index (χ3v) is 5.63. The van der Waals surface area contributed by atoms with Gasteiger partial charge in [-0.05, 0) is 48.8 Å². The molecule has 2 heterocycles. The Morgan fingerprint density at radius 2 is 2.12 bits per heavy atom. The van der Waals surface area contributed by atoms with Crippen LogP contribution in [0.2, 0.25) is 5.28 Å². The molecule has 1 saturated heterocycles. The second-order valence-electron chi connectivity index (χ2n) is 7.34. The van der Waals surface area contributed by atoms with Crippen molar-refractivity contribution in [2.45, 2.75) is 44.1 Å². The Kier molecular flexibility index (Phi) is 3.67. The summed E-state index contributed by atoms with van der Waals surface area (Å²) in [5, 5.41) is 3.02. The van der Waals surface area contributed by atoms with Crippen molar-refractivity contribution < 1.29 is 13.6 Å². The normalized spacial score (nSPS) is 33.9. The van der Waals surface area contributed by atoms with Gasteiger partial charge in [-0.3, -0.25) is 4.79 Å². The van der Waals surface area contributed by atoms with Crippen molar-refractivity contribution in [3.63, 3.8) is 0 Å². The Hall–Kier alpha value is -1.50. The molecule has 0 bridgehead atoms. The van der Waals surface area contributed by atoms with Gasteiger partial charge >= 0.3 is 0 Å². The van der Waals surface area contributed by atoms with Crippen LogP contribution in [0.3, 0.4) is 0 Å². The quantitative estimate of drug-likeness (QED) is 0.846. The number of nitrogens with one attached hydrogen (secondary N) is 1. The first-order valence-corrected chi connectivity index (χ1v) is 8.66. The highest BCUT2D eigenvalue weighted by Crippen LogP contribution is 2.51. The van der Waals surface area contributed by atoms with Gasteiger partial charge in [-0.2, -0.15) is 0 Å². The lowest BCUT2D eigenvalue weighted by Gasteiger charge is -2.53. The van der Waals surface area contributed by atoms with Crippen LogP contribution in [0.5, 0.6) is 0 Å². The molecule has 2 saturated carbocycles. The lowest BCUT2D eigenvalue weighted by atomic mass is 9.61. The van der Waals surface area contributed by atoms with Crippen LogP contribution in [0.15, 0.2) is 12.3 Å². The first-order chi connectivity index (χ1) is 11.4. The monoisotopic (exact) mass is 356 g/mol. The zero-order valence-corrected chi connectivity index (χ0v) is 13.9. The second-order valence-corrected chi connectivity index (χ2v) is 7.68. The number of nitrogens with zero attached hydrogens (tertiary/aromatic N) is 3. The zero-order chi connectivity index (χ0) is 16.9. The molecule has 1 amide bonds. The summed E-state index contributed by atoms with van der Waals surface area (Å²) in [4.78, 5) is 22.1. The first-order valence-electron chi connectivity index (χ1n) is 8.29. The van der Waals surface area contributed by atoms with Crippen molar-refractivity contribution >= 4 is 23.3 Å². The third kappa shape index (κ3) is 2.94. The van der Waals surface area contributed by atoms with Gasteiger partial charge in [0.05, 0.1) is 0 Å². The molecule has 3 fully saturated rings. The summed E-state index contributed by atoms with van der Waals surface area (Å²) in [5.74, 6) is -3.58. The number of halogens is 3. The van der Waals surface area contributed by atoms with Crippen molar-refractivity contribution in [1.29, 1.82) is 0 Å². The van der Waals surface area contributed by atoms with Gasteiger partial charge in [-0.15, -0.1) is 0 Å². The fraction of sp³-hybridized carbons (Fsp3) is 0.688. The maximum atomic E-state index is 12.9. The van der Waals surface area contributed by atoms with E-state index in [4.69, 9.17) is 11.6 Å². The predicted molar refractivity (Wildman–Crippen MR) is 85.1 cm³/mol. The van der Waals surface area contributed by atoms with E-state index < -0.39 is 17.7 Å². The Labute approximate surface area is 143 Å². The van der Waals surface area contributed by atoms with E-state index in [9.17, 15) is 13.6 Å². The number of piperidine rings is 1. The topological polar surface area (TPSA) is 58.1 Å². The standard InChI is InChI=1S/C16H19ClF2N4O/c17-14-20-4-2-12(22-14)23-5-1-3-15(9-23)6-10(7-15)21-13(24)11-8-16(11,18)19/h2,4,10-11H,1,3,5-9H2,(H,21,24)/t10?,11-,15?/m1/s1. The number of rotatable bonds is 3. The number of anilines is 1. The number of amides is 1. The molecule has 3 aliphatic rings. The number of carbonyl (C=O) groups excluding carboxylic acids is 1. The van der Waals surface area contributed by atoms with Gasteiger partial charge in [0.2, 0.25) is 11.2 Å². The van der Waals surface area contributed by atoms with E-state index in [0.29, 0.717) is 0 Å². The van der Waals surface area contributed by atoms with Crippen LogP contribution in [0.25, 0.3) is 0 Å². The molecule has 0 radical (unpaired) electrons. The van der Waals surface area contributed by atoms with E-state index in [1.165, 1.54) is 0 Å². The number of alkyl halides is 2. The SMILES string of the molecule is O=C(NC1CC2(CCCN(c3ccnc(Cl)n3)C2)C1)[C@H]1CC1(F)F. The fourth-order valence-electron chi connectivity index (χ4n) is 4.13. The largest absolute Gasteiger partial charge is 0.356 e. The van der Waals surface area contributed by atoms with Crippen molar-refractivity contribution in [2.24, 2.45) is 11.3 Å². The Morgan fingerprint density at radius 1 is 1.38 bits per heavy atom. The molecule has 130 valence electrons. The van der Waals surface area contributed by atoms with E-state index in [2.05, 4.69) is 20.2 Å². The molecule has 0 aromatic carbocycles. The lowest BCUT2D eigenvalue weighted by molar-refractivity contribution is -0.126. The Balaban J connectivity index is 1.33. The second kappa shape index (κ2) is 5.51. The van der Waals surface area contributed by atoms with E-state index in [0.717, 1.165) is 44.6 Å². The van der Waals surface area contributed by atoms with Gasteiger partial charge in [0.25, 0.3) is 5.92 Å². The van der Waals surface area contributed by atoms with Crippen LogP contribution in [-0.2, 0) is 4.79 Å². The summed E-state index contributed by atoms with van der Waals surface area (Å²) in [6.07, 6.45) is 5.15. The molecular weight excluding hydrogens is 338 g/mol. The highest BCUT2D eigenvalue weighted by Gasteiger charge is 2.62. The van der Waals surface area contributed by atoms with Crippen LogP contribution in [-0.4, -0.2) is 40.9 Å². The van der Waals surface area contributed by atoms with E-state index in [1.807, 2.05) is 6.07 Å². The molecule has 1 aromatic heterocycles. The number of hydrogen-bond donors (Lipinski definition) is 1. The van der Waals surface area contributed by atoms with Crippen LogP contribution in [0.1, 0.15) is 32.1 Å². The fourth-order valence-corrected chi connectivity index (χ4v) is 4.27. The summed E-state index contributed by atoms with van der Waals surface area (Å²) in [6.45, 7) is 1.77. The van der Waals surface area contributed by atoms with Gasteiger partial charge in [0.1, 0.15) is 11.7 Å². The predicted octanol–water partition coefficient (Wildman–Crippen LogP) is 2.65. The third-order valence-electron chi connectivity index (χ3n) is 5.44. The molecule has 2 aliphatic carbocycles. The molecular formula is C16H19ClF2N4O. The molecule has 1 atom stereocenters. The maximum Gasteiger partial charge on any atom is 0.260 e. The Bertz CT molecular complexity index is 665. The van der Waals surface area contributed by atoms with Gasteiger partial charge < -0.3 is 10.2 Å². The zero-order valence-electron chi connectivity index (χ0n) is 13.1.